The molecule has 1 saturated heterocycles. The van der Waals surface area contributed by atoms with Gasteiger partial charge < -0.3 is 4.90 Å². The highest BCUT2D eigenvalue weighted by atomic mass is 16.2. The van der Waals surface area contributed by atoms with E-state index in [1.165, 1.54) is 0 Å². The van der Waals surface area contributed by atoms with Crippen molar-refractivity contribution in [2.75, 3.05) is 33.2 Å². The second-order valence-corrected chi connectivity index (χ2v) is 7.78. The van der Waals surface area contributed by atoms with Gasteiger partial charge in [-0.2, -0.15) is 0 Å². The van der Waals surface area contributed by atoms with Crippen molar-refractivity contribution in [1.82, 2.24) is 15.3 Å². The first kappa shape index (κ1) is 26.9. The monoisotopic (exact) mass is 425 g/mol. The molecule has 1 rings (SSSR count). The summed E-state index contributed by atoms with van der Waals surface area (Å²) in [6, 6.07) is 0. The highest BCUT2D eigenvalue weighted by molar-refractivity contribution is 5.75. The number of piperazine rings is 1. The average Bonchev–Trinajstić information content (AvgIpc) is 2.77. The molecule has 172 valence electrons. The lowest BCUT2D eigenvalue weighted by Crippen LogP contribution is -2.52. The minimum absolute atomic E-state index is 0.115. The first-order valence-corrected chi connectivity index (χ1v) is 11.8. The van der Waals surface area contributed by atoms with Crippen molar-refractivity contribution in [3.63, 3.8) is 0 Å². The Morgan fingerprint density at radius 1 is 0.677 bits per heavy atom. The summed E-state index contributed by atoms with van der Waals surface area (Å²) in [7, 11) is 2.11. The quantitative estimate of drug-likeness (QED) is 0.340. The number of rotatable bonds is 15. The summed E-state index contributed by atoms with van der Waals surface area (Å²) in [5, 5.41) is 2.03. The smallest absolute Gasteiger partial charge is 0.234 e. The SMILES string of the molecule is CCC=CCC=CCC=CCC=CCC=CCC=CCCC(=O)NN1CCN(C)CC1. The molecular weight excluding hydrogens is 382 g/mol. The minimum Gasteiger partial charge on any atom is -0.304 e. The highest BCUT2D eigenvalue weighted by Gasteiger charge is 2.14. The van der Waals surface area contributed by atoms with Crippen LogP contribution in [0.2, 0.25) is 0 Å². The zero-order valence-corrected chi connectivity index (χ0v) is 19.7. The molecule has 0 saturated carbocycles. The lowest BCUT2D eigenvalue weighted by molar-refractivity contribution is -0.126. The van der Waals surface area contributed by atoms with Gasteiger partial charge in [0.2, 0.25) is 5.91 Å². The molecule has 0 atom stereocenters. The van der Waals surface area contributed by atoms with Crippen molar-refractivity contribution in [3.05, 3.63) is 72.9 Å². The van der Waals surface area contributed by atoms with E-state index in [1.54, 1.807) is 0 Å². The number of amides is 1. The van der Waals surface area contributed by atoms with Crippen LogP contribution in [0.25, 0.3) is 0 Å². The number of likely N-dealkylation sites (N-methyl/N-ethyl adjacent to an activating group) is 1. The predicted octanol–water partition coefficient (Wildman–Crippen LogP) is 5.74. The first-order valence-electron chi connectivity index (χ1n) is 11.8. The predicted molar refractivity (Wildman–Crippen MR) is 135 cm³/mol. The van der Waals surface area contributed by atoms with Crippen molar-refractivity contribution in [3.8, 4) is 0 Å². The van der Waals surface area contributed by atoms with Crippen LogP contribution in [-0.2, 0) is 4.79 Å². The summed E-state index contributed by atoms with van der Waals surface area (Å²) in [5.74, 6) is 0.115. The molecule has 1 aliphatic heterocycles. The topological polar surface area (TPSA) is 35.6 Å². The second kappa shape index (κ2) is 19.8. The van der Waals surface area contributed by atoms with Gasteiger partial charge in [-0.25, -0.2) is 5.01 Å². The summed E-state index contributed by atoms with van der Waals surface area (Å²) < 4.78 is 0. The number of carbonyl (C=O) groups is 1. The van der Waals surface area contributed by atoms with Crippen molar-refractivity contribution >= 4 is 5.91 Å². The number of hydrogen-bond donors (Lipinski definition) is 1. The van der Waals surface area contributed by atoms with Crippen molar-refractivity contribution in [1.29, 1.82) is 0 Å². The second-order valence-electron chi connectivity index (χ2n) is 7.78. The van der Waals surface area contributed by atoms with Crippen LogP contribution < -0.4 is 5.43 Å². The molecule has 0 radical (unpaired) electrons. The van der Waals surface area contributed by atoms with Gasteiger partial charge in [0.15, 0.2) is 0 Å². The number of nitrogens with zero attached hydrogens (tertiary/aromatic N) is 2. The van der Waals surface area contributed by atoms with Gasteiger partial charge in [0.1, 0.15) is 0 Å². The molecule has 0 aromatic rings. The molecule has 0 aliphatic carbocycles. The molecule has 0 spiro atoms. The van der Waals surface area contributed by atoms with E-state index < -0.39 is 0 Å². The van der Waals surface area contributed by atoms with Crippen molar-refractivity contribution in [2.45, 2.75) is 58.3 Å². The molecular formula is C27H43N3O. The summed E-state index contributed by atoms with van der Waals surface area (Å²) in [6.07, 6.45) is 33.7. The van der Waals surface area contributed by atoms with Gasteiger partial charge in [-0.1, -0.05) is 79.8 Å². The van der Waals surface area contributed by atoms with Gasteiger partial charge in [0.05, 0.1) is 0 Å². The van der Waals surface area contributed by atoms with Crippen molar-refractivity contribution < 1.29 is 4.79 Å². The summed E-state index contributed by atoms with van der Waals surface area (Å²) >= 11 is 0. The standard InChI is InChI=1S/C27H43N3O/c1-3-4-5-6-7-8-9-10-11-12-13-14-15-16-17-18-19-20-21-22-27(31)28-30-25-23-29(2)24-26-30/h4-5,7-8,10-11,13-14,16-17,19-20H,3,6,9,12,15,18,21-26H2,1-2H3,(H,28,31). The average molecular weight is 426 g/mol. The van der Waals surface area contributed by atoms with Crippen LogP contribution in [0.5, 0.6) is 0 Å². The van der Waals surface area contributed by atoms with E-state index in [9.17, 15) is 4.79 Å². The largest absolute Gasteiger partial charge is 0.304 e. The molecule has 4 heteroatoms. The highest BCUT2D eigenvalue weighted by Crippen LogP contribution is 1.99. The zero-order chi connectivity index (χ0) is 22.4. The van der Waals surface area contributed by atoms with Gasteiger partial charge >= 0.3 is 0 Å². The van der Waals surface area contributed by atoms with E-state index in [0.29, 0.717) is 6.42 Å². The summed E-state index contributed by atoms with van der Waals surface area (Å²) in [5.41, 5.74) is 3.00. The molecule has 1 heterocycles. The lowest BCUT2D eigenvalue weighted by Gasteiger charge is -2.32. The van der Waals surface area contributed by atoms with Gasteiger partial charge in [-0.3, -0.25) is 10.2 Å². The van der Waals surface area contributed by atoms with E-state index in [4.69, 9.17) is 0 Å². The van der Waals surface area contributed by atoms with E-state index in [2.05, 4.69) is 97.2 Å². The molecule has 1 aliphatic rings. The van der Waals surface area contributed by atoms with Crippen LogP contribution in [0, 0.1) is 0 Å². The van der Waals surface area contributed by atoms with Gasteiger partial charge in [-0.05, 0) is 52.0 Å². The fourth-order valence-corrected chi connectivity index (χ4v) is 3.00. The third-order valence-corrected chi connectivity index (χ3v) is 4.92. The van der Waals surface area contributed by atoms with Crippen molar-refractivity contribution in [2.24, 2.45) is 0 Å². The van der Waals surface area contributed by atoms with Crippen LogP contribution in [0.15, 0.2) is 72.9 Å². The molecule has 1 N–H and O–H groups in total. The molecule has 0 aromatic heterocycles. The van der Waals surface area contributed by atoms with E-state index in [-0.39, 0.29) is 5.91 Å². The maximum absolute atomic E-state index is 11.9. The maximum Gasteiger partial charge on any atom is 0.234 e. The Morgan fingerprint density at radius 2 is 1.10 bits per heavy atom. The maximum atomic E-state index is 11.9. The Labute approximate surface area is 190 Å². The molecule has 0 unspecified atom stereocenters. The van der Waals surface area contributed by atoms with Crippen LogP contribution in [0.1, 0.15) is 58.3 Å². The normalized spacial score (nSPS) is 17.0. The first-order chi connectivity index (χ1) is 15.2. The molecule has 4 nitrogen and oxygen atoms in total. The summed E-state index contributed by atoms with van der Waals surface area (Å²) in [4.78, 5) is 14.2. The third-order valence-electron chi connectivity index (χ3n) is 4.92. The van der Waals surface area contributed by atoms with Crippen LogP contribution in [0.3, 0.4) is 0 Å². The number of hydrazine groups is 1. The Morgan fingerprint density at radius 3 is 1.55 bits per heavy atom. The minimum atomic E-state index is 0.115. The Bertz CT molecular complexity index is 620. The summed E-state index contributed by atoms with van der Waals surface area (Å²) in [6.45, 7) is 5.98. The fourth-order valence-electron chi connectivity index (χ4n) is 3.00. The molecule has 0 aromatic carbocycles. The number of nitrogens with one attached hydrogen (secondary N) is 1. The Balaban J connectivity index is 1.95. The van der Waals surface area contributed by atoms with E-state index >= 15 is 0 Å². The number of allylic oxidation sites excluding steroid dienone is 12. The van der Waals surface area contributed by atoms with E-state index in [1.807, 2.05) is 5.01 Å². The Kier molecular flexibility index (Phi) is 17.1. The number of hydrogen-bond acceptors (Lipinski definition) is 3. The van der Waals surface area contributed by atoms with Gasteiger partial charge in [0.25, 0.3) is 0 Å². The third kappa shape index (κ3) is 17.2. The van der Waals surface area contributed by atoms with Crippen LogP contribution >= 0.6 is 0 Å². The van der Waals surface area contributed by atoms with Crippen LogP contribution in [-0.4, -0.2) is 49.0 Å². The molecule has 31 heavy (non-hydrogen) atoms. The van der Waals surface area contributed by atoms with E-state index in [0.717, 1.165) is 71.1 Å². The molecule has 0 bridgehead atoms. The zero-order valence-electron chi connectivity index (χ0n) is 19.7. The van der Waals surface area contributed by atoms with Gasteiger partial charge in [-0.15, -0.1) is 0 Å². The van der Waals surface area contributed by atoms with Gasteiger partial charge in [0, 0.05) is 32.6 Å². The lowest BCUT2D eigenvalue weighted by atomic mass is 10.2. The molecule has 1 fully saturated rings. The molecule has 1 amide bonds. The number of carbonyl (C=O) groups excluding carboxylic acids is 1. The Hall–Kier alpha value is -2.17. The van der Waals surface area contributed by atoms with Crippen LogP contribution in [0.4, 0.5) is 0 Å². The fraction of sp³-hybridized carbons (Fsp3) is 0.519.